The van der Waals surface area contributed by atoms with Crippen LogP contribution in [0.1, 0.15) is 61.3 Å². The third kappa shape index (κ3) is 3.87. The number of halogens is 1. The Morgan fingerprint density at radius 1 is 1.05 bits per heavy atom. The Morgan fingerprint density at radius 3 is 1.95 bits per heavy atom. The van der Waals surface area contributed by atoms with E-state index in [4.69, 9.17) is 5.73 Å². The molecule has 0 radical (unpaired) electrons. The van der Waals surface area contributed by atoms with Crippen LogP contribution in [0.25, 0.3) is 0 Å². The Labute approximate surface area is 131 Å². The zero-order chi connectivity index (χ0) is 15.0. The van der Waals surface area contributed by atoms with E-state index in [0.717, 1.165) is 23.7 Å². The Balaban J connectivity index is 3.20. The van der Waals surface area contributed by atoms with Crippen LogP contribution in [0.2, 0.25) is 0 Å². The summed E-state index contributed by atoms with van der Waals surface area (Å²) in [5, 5.41) is 0. The summed E-state index contributed by atoms with van der Waals surface area (Å²) in [7, 11) is 0. The van der Waals surface area contributed by atoms with Gasteiger partial charge in [0.05, 0.1) is 0 Å². The van der Waals surface area contributed by atoms with E-state index < -0.39 is 0 Å². The maximum atomic E-state index is 6.65. The van der Waals surface area contributed by atoms with Crippen molar-refractivity contribution < 1.29 is 21.2 Å². The molecule has 4 unspecified atom stereocenters. The molecule has 19 heavy (non-hydrogen) atoms. The predicted molar refractivity (Wildman–Crippen MR) is 82.0 cm³/mol. The number of rotatable bonds is 4. The molecule has 0 aliphatic heterocycles. The van der Waals surface area contributed by atoms with Crippen molar-refractivity contribution in [2.24, 2.45) is 35.3 Å². The van der Waals surface area contributed by atoms with Crippen molar-refractivity contribution in [3.63, 3.8) is 0 Å². The van der Waals surface area contributed by atoms with Crippen molar-refractivity contribution in [3.05, 3.63) is 0 Å². The average molecular weight is 380 g/mol. The van der Waals surface area contributed by atoms with Crippen LogP contribution in [0.4, 0.5) is 0 Å². The van der Waals surface area contributed by atoms with Crippen LogP contribution >= 0.6 is 0 Å². The summed E-state index contributed by atoms with van der Waals surface area (Å²) in [6.45, 7) is 16.8. The first-order chi connectivity index (χ1) is 8.52. The molecule has 1 aliphatic carbocycles. The maximum absolute atomic E-state index is 6.65. The van der Waals surface area contributed by atoms with Gasteiger partial charge in [-0.25, -0.2) is 0 Å². The van der Waals surface area contributed by atoms with Crippen LogP contribution in [0, 0.1) is 29.6 Å². The van der Waals surface area contributed by atoms with Crippen LogP contribution in [0.15, 0.2) is 0 Å². The molecule has 1 rings (SSSR count). The van der Waals surface area contributed by atoms with Gasteiger partial charge in [-0.15, -0.1) is 0 Å². The minimum atomic E-state index is -0.0511. The molecule has 0 bridgehead atoms. The fourth-order valence-electron chi connectivity index (χ4n) is 4.43. The second-order valence-electron chi connectivity index (χ2n) is 8.09. The van der Waals surface area contributed by atoms with Crippen molar-refractivity contribution in [2.75, 3.05) is 4.93 Å². The van der Waals surface area contributed by atoms with Crippen LogP contribution in [-0.4, -0.2) is 13.9 Å². The van der Waals surface area contributed by atoms with Gasteiger partial charge in [0, 0.05) is 0 Å². The number of hydrogen-bond donors (Lipinski definition) is 1. The standard InChI is InChI=1S/C17H35IN/c1-11(2)13-10-9-12(3)14(16(4,5)18-8)15(13)17(6,7)19/h11-15H,9-10,19H2,1-8H3/q-1. The molecule has 0 aromatic carbocycles. The number of alkyl halides is 2. The molecule has 0 heterocycles. The quantitative estimate of drug-likeness (QED) is 0.575. The van der Waals surface area contributed by atoms with Gasteiger partial charge in [0.25, 0.3) is 0 Å². The van der Waals surface area contributed by atoms with Gasteiger partial charge in [0.1, 0.15) is 0 Å². The molecule has 1 fully saturated rings. The molecule has 0 aromatic rings. The van der Waals surface area contributed by atoms with Gasteiger partial charge in [-0.05, 0) is 0 Å². The van der Waals surface area contributed by atoms with Gasteiger partial charge in [0.15, 0.2) is 0 Å². The van der Waals surface area contributed by atoms with E-state index in [0.29, 0.717) is 9.34 Å². The first-order valence-electron chi connectivity index (χ1n) is 7.81. The zero-order valence-electron chi connectivity index (χ0n) is 14.3. The van der Waals surface area contributed by atoms with Gasteiger partial charge < -0.3 is 0 Å². The number of nitrogens with two attached hydrogens (primary N) is 1. The van der Waals surface area contributed by atoms with Gasteiger partial charge >= 0.3 is 132 Å². The fourth-order valence-corrected chi connectivity index (χ4v) is 6.15. The molecule has 0 saturated heterocycles. The van der Waals surface area contributed by atoms with Gasteiger partial charge in [-0.3, -0.25) is 0 Å². The van der Waals surface area contributed by atoms with E-state index in [2.05, 4.69) is 53.4 Å². The molecular formula is C17H35IN-. The Hall–Kier alpha value is 0.690. The van der Waals surface area contributed by atoms with Crippen LogP contribution in [0.5, 0.6) is 0 Å². The number of hydrogen-bond acceptors (Lipinski definition) is 1. The van der Waals surface area contributed by atoms with Crippen molar-refractivity contribution in [1.82, 2.24) is 0 Å². The van der Waals surface area contributed by atoms with Crippen molar-refractivity contribution in [3.8, 4) is 0 Å². The summed E-state index contributed by atoms with van der Waals surface area (Å²) in [6, 6.07) is 0. The molecule has 4 atom stereocenters. The van der Waals surface area contributed by atoms with E-state index in [1.54, 1.807) is 0 Å². The monoisotopic (exact) mass is 380 g/mol. The summed E-state index contributed by atoms with van der Waals surface area (Å²) < 4.78 is 0.507. The molecule has 0 spiro atoms. The normalized spacial score (nSPS) is 34.0. The van der Waals surface area contributed by atoms with Crippen molar-refractivity contribution in [1.29, 1.82) is 0 Å². The molecular weight excluding hydrogens is 345 g/mol. The molecule has 2 heteroatoms. The predicted octanol–water partition coefficient (Wildman–Crippen LogP) is 1.16. The van der Waals surface area contributed by atoms with Crippen LogP contribution < -0.4 is 26.9 Å². The molecule has 1 aliphatic rings. The summed E-state index contributed by atoms with van der Waals surface area (Å²) >= 11 is 0.238. The van der Waals surface area contributed by atoms with E-state index >= 15 is 0 Å². The van der Waals surface area contributed by atoms with Crippen LogP contribution in [-0.2, 0) is 0 Å². The zero-order valence-corrected chi connectivity index (χ0v) is 16.4. The van der Waals surface area contributed by atoms with E-state index in [9.17, 15) is 0 Å². The summed E-state index contributed by atoms with van der Waals surface area (Å²) in [5.41, 5.74) is 6.60. The first-order valence-corrected chi connectivity index (χ1v) is 11.1. The third-order valence-corrected chi connectivity index (χ3v) is 8.91. The minimum absolute atomic E-state index is 0.0511. The summed E-state index contributed by atoms with van der Waals surface area (Å²) in [6.07, 6.45) is 2.77. The van der Waals surface area contributed by atoms with Gasteiger partial charge in [-0.2, -0.15) is 0 Å². The molecule has 0 amide bonds. The second-order valence-corrected chi connectivity index (χ2v) is 11.9. The van der Waals surface area contributed by atoms with Gasteiger partial charge in [-0.1, -0.05) is 0 Å². The van der Waals surface area contributed by atoms with E-state index in [1.807, 2.05) is 0 Å². The SMILES string of the molecule is C[I-]C(C)(C)C1C(C)CCC(C(C)C)C1C(C)(C)N. The fraction of sp³-hybridized carbons (Fsp3) is 1.00. The average Bonchev–Trinajstić information content (AvgIpc) is 2.26. The first kappa shape index (κ1) is 17.7. The van der Waals surface area contributed by atoms with Crippen molar-refractivity contribution >= 4 is 0 Å². The summed E-state index contributed by atoms with van der Waals surface area (Å²) in [4.78, 5) is 2.45. The molecule has 2 N–H and O–H groups in total. The Bertz CT molecular complexity index is 290. The van der Waals surface area contributed by atoms with Gasteiger partial charge in [0.2, 0.25) is 0 Å². The molecule has 1 saturated carbocycles. The van der Waals surface area contributed by atoms with Crippen LogP contribution in [0.3, 0.4) is 0 Å². The Morgan fingerprint density at radius 2 is 1.58 bits per heavy atom. The molecule has 1 nitrogen and oxygen atoms in total. The third-order valence-electron chi connectivity index (χ3n) is 5.41. The van der Waals surface area contributed by atoms with E-state index in [1.165, 1.54) is 12.8 Å². The van der Waals surface area contributed by atoms with E-state index in [-0.39, 0.29) is 26.7 Å². The van der Waals surface area contributed by atoms with Crippen molar-refractivity contribution in [2.45, 2.75) is 70.3 Å². The molecule has 0 aromatic heterocycles. The topological polar surface area (TPSA) is 26.0 Å². The second kappa shape index (κ2) is 6.21. The molecule has 116 valence electrons. The summed E-state index contributed by atoms with van der Waals surface area (Å²) in [5.74, 6) is 3.86. The Kier molecular flexibility index (Phi) is 5.80.